The molecule has 0 radical (unpaired) electrons. The summed E-state index contributed by atoms with van der Waals surface area (Å²) >= 11 is 0. The minimum Gasteiger partial charge on any atom is -0.468 e. The van der Waals surface area contributed by atoms with Gasteiger partial charge in [0.1, 0.15) is 11.8 Å². The number of aromatic nitrogens is 2. The lowest BCUT2D eigenvalue weighted by molar-refractivity contribution is -0.274. The number of methoxy groups -OCH3 is 1. The number of hydrogen-bond acceptors (Lipinski definition) is 5. The van der Waals surface area contributed by atoms with Crippen LogP contribution >= 0.6 is 0 Å². The zero-order valence-electron chi connectivity index (χ0n) is 14.3. The Kier molecular flexibility index (Phi) is 4.90. The van der Waals surface area contributed by atoms with Gasteiger partial charge in [0.25, 0.3) is 0 Å². The number of ether oxygens (including phenoxy) is 2. The SMILES string of the molecule is COC(=O)[C@@H]1Cc2ncn(C)c2CN1Cc1ccc(OC(F)(F)F)cc1. The lowest BCUT2D eigenvalue weighted by Gasteiger charge is -2.33. The molecule has 140 valence electrons. The highest BCUT2D eigenvalue weighted by Gasteiger charge is 2.34. The highest BCUT2D eigenvalue weighted by Crippen LogP contribution is 2.26. The average Bonchev–Trinajstić information content (AvgIpc) is 2.94. The number of carbonyl (C=O) groups is 1. The largest absolute Gasteiger partial charge is 0.573 e. The Bertz CT molecular complexity index is 787. The first-order valence-corrected chi connectivity index (χ1v) is 7.92. The summed E-state index contributed by atoms with van der Waals surface area (Å²) in [7, 11) is 3.21. The molecule has 1 atom stereocenters. The van der Waals surface area contributed by atoms with Gasteiger partial charge in [0.2, 0.25) is 0 Å². The number of rotatable bonds is 4. The van der Waals surface area contributed by atoms with E-state index < -0.39 is 12.4 Å². The number of esters is 1. The van der Waals surface area contributed by atoms with E-state index in [1.165, 1.54) is 19.2 Å². The topological polar surface area (TPSA) is 56.6 Å². The van der Waals surface area contributed by atoms with Crippen LogP contribution in [0.15, 0.2) is 30.6 Å². The second-order valence-corrected chi connectivity index (χ2v) is 6.09. The standard InChI is InChI=1S/C17H18F3N3O3/c1-22-10-21-13-7-14(16(24)25-2)23(9-15(13)22)8-11-3-5-12(6-4-11)26-17(18,19)20/h3-6,10,14H,7-9H2,1-2H3/t14-/m0/s1. The normalized spacial score (nSPS) is 17.7. The molecular weight excluding hydrogens is 351 g/mol. The number of benzene rings is 1. The first kappa shape index (κ1) is 18.2. The number of aryl methyl sites for hydroxylation is 1. The zero-order valence-corrected chi connectivity index (χ0v) is 14.3. The summed E-state index contributed by atoms with van der Waals surface area (Å²) in [6.07, 6.45) is -2.59. The van der Waals surface area contributed by atoms with Crippen LogP contribution in [0.2, 0.25) is 0 Å². The quantitative estimate of drug-likeness (QED) is 0.775. The predicted molar refractivity (Wildman–Crippen MR) is 85.1 cm³/mol. The van der Waals surface area contributed by atoms with Crippen molar-refractivity contribution in [2.45, 2.75) is 31.9 Å². The molecule has 1 aliphatic heterocycles. The molecule has 0 fully saturated rings. The van der Waals surface area contributed by atoms with Gasteiger partial charge in [-0.25, -0.2) is 4.98 Å². The molecule has 0 saturated heterocycles. The lowest BCUT2D eigenvalue weighted by atomic mass is 10.0. The Morgan fingerprint density at radius 3 is 2.62 bits per heavy atom. The van der Waals surface area contributed by atoms with Gasteiger partial charge in [0.15, 0.2) is 0 Å². The molecule has 3 rings (SSSR count). The monoisotopic (exact) mass is 369 g/mol. The molecule has 1 aromatic carbocycles. The van der Waals surface area contributed by atoms with Crippen molar-refractivity contribution in [1.29, 1.82) is 0 Å². The average molecular weight is 369 g/mol. The zero-order chi connectivity index (χ0) is 18.9. The Labute approximate surface area is 148 Å². The van der Waals surface area contributed by atoms with Gasteiger partial charge in [-0.15, -0.1) is 13.2 Å². The van der Waals surface area contributed by atoms with E-state index in [9.17, 15) is 18.0 Å². The molecule has 2 heterocycles. The summed E-state index contributed by atoms with van der Waals surface area (Å²) in [5.74, 6) is -0.642. The van der Waals surface area contributed by atoms with Crippen LogP contribution in [0.4, 0.5) is 13.2 Å². The molecule has 6 nitrogen and oxygen atoms in total. The molecule has 0 bridgehead atoms. The highest BCUT2D eigenvalue weighted by molar-refractivity contribution is 5.76. The lowest BCUT2D eigenvalue weighted by Crippen LogP contribution is -2.46. The Balaban J connectivity index is 1.78. The maximum absolute atomic E-state index is 12.3. The van der Waals surface area contributed by atoms with E-state index >= 15 is 0 Å². The second kappa shape index (κ2) is 6.99. The number of halogens is 3. The Hall–Kier alpha value is -2.55. The van der Waals surface area contributed by atoms with Gasteiger partial charge in [-0.3, -0.25) is 9.69 Å². The van der Waals surface area contributed by atoms with Crippen molar-refractivity contribution in [2.24, 2.45) is 7.05 Å². The van der Waals surface area contributed by atoms with E-state index in [1.54, 1.807) is 18.5 Å². The van der Waals surface area contributed by atoms with Crippen LogP contribution < -0.4 is 4.74 Å². The van der Waals surface area contributed by atoms with Crippen molar-refractivity contribution < 1.29 is 27.4 Å². The fraction of sp³-hybridized carbons (Fsp3) is 0.412. The van der Waals surface area contributed by atoms with Crippen LogP contribution in [0.5, 0.6) is 5.75 Å². The number of fused-ring (bicyclic) bond motifs is 1. The van der Waals surface area contributed by atoms with Gasteiger partial charge < -0.3 is 14.0 Å². The van der Waals surface area contributed by atoms with Crippen LogP contribution in [0.25, 0.3) is 0 Å². The van der Waals surface area contributed by atoms with Crippen molar-refractivity contribution in [3.05, 3.63) is 47.5 Å². The first-order chi connectivity index (χ1) is 12.3. The van der Waals surface area contributed by atoms with E-state index in [0.717, 1.165) is 17.0 Å². The van der Waals surface area contributed by atoms with E-state index in [-0.39, 0.29) is 11.7 Å². The van der Waals surface area contributed by atoms with E-state index in [1.807, 2.05) is 16.5 Å². The maximum atomic E-state index is 12.3. The van der Waals surface area contributed by atoms with Gasteiger partial charge >= 0.3 is 12.3 Å². The highest BCUT2D eigenvalue weighted by atomic mass is 19.4. The third-order valence-corrected chi connectivity index (χ3v) is 4.34. The molecule has 0 N–H and O–H groups in total. The van der Waals surface area contributed by atoms with Crippen molar-refractivity contribution >= 4 is 5.97 Å². The molecule has 0 unspecified atom stereocenters. The minimum absolute atomic E-state index is 0.279. The van der Waals surface area contributed by atoms with Gasteiger partial charge in [-0.2, -0.15) is 0 Å². The number of imidazole rings is 1. The van der Waals surface area contributed by atoms with E-state index in [2.05, 4.69) is 9.72 Å². The fourth-order valence-corrected chi connectivity index (χ4v) is 3.06. The van der Waals surface area contributed by atoms with Crippen LogP contribution in [0, 0.1) is 0 Å². The van der Waals surface area contributed by atoms with Crippen molar-refractivity contribution in [3.8, 4) is 5.75 Å². The van der Waals surface area contributed by atoms with Crippen molar-refractivity contribution in [1.82, 2.24) is 14.5 Å². The van der Waals surface area contributed by atoms with Crippen LogP contribution in [-0.4, -0.2) is 39.9 Å². The predicted octanol–water partition coefficient (Wildman–Crippen LogP) is 2.42. The second-order valence-electron chi connectivity index (χ2n) is 6.09. The number of carbonyl (C=O) groups excluding carboxylic acids is 1. The van der Waals surface area contributed by atoms with Crippen LogP contribution in [-0.2, 0) is 36.1 Å². The van der Waals surface area contributed by atoms with E-state index in [0.29, 0.717) is 19.5 Å². The number of alkyl halides is 3. The summed E-state index contributed by atoms with van der Waals surface area (Å²) in [6, 6.07) is 5.13. The summed E-state index contributed by atoms with van der Waals surface area (Å²) in [5.41, 5.74) is 2.62. The van der Waals surface area contributed by atoms with Crippen molar-refractivity contribution in [2.75, 3.05) is 7.11 Å². The molecule has 26 heavy (non-hydrogen) atoms. The van der Waals surface area contributed by atoms with Crippen molar-refractivity contribution in [3.63, 3.8) is 0 Å². The molecule has 9 heteroatoms. The summed E-state index contributed by atoms with van der Waals surface area (Å²) in [6.45, 7) is 0.878. The summed E-state index contributed by atoms with van der Waals surface area (Å²) < 4.78 is 47.4. The van der Waals surface area contributed by atoms with Gasteiger partial charge in [-0.1, -0.05) is 12.1 Å². The van der Waals surface area contributed by atoms with Gasteiger partial charge in [0, 0.05) is 26.6 Å². The molecule has 0 saturated carbocycles. The van der Waals surface area contributed by atoms with Gasteiger partial charge in [-0.05, 0) is 17.7 Å². The third kappa shape index (κ3) is 3.98. The first-order valence-electron chi connectivity index (χ1n) is 7.92. The van der Waals surface area contributed by atoms with Gasteiger partial charge in [0.05, 0.1) is 24.8 Å². The molecule has 1 aromatic heterocycles. The van der Waals surface area contributed by atoms with E-state index in [4.69, 9.17) is 4.74 Å². The summed E-state index contributed by atoms with van der Waals surface area (Å²) in [4.78, 5) is 18.4. The summed E-state index contributed by atoms with van der Waals surface area (Å²) in [5, 5.41) is 0. The number of hydrogen-bond donors (Lipinski definition) is 0. The maximum Gasteiger partial charge on any atom is 0.573 e. The molecule has 2 aromatic rings. The Morgan fingerprint density at radius 1 is 1.31 bits per heavy atom. The number of nitrogens with zero attached hydrogens (tertiary/aromatic N) is 3. The molecule has 1 aliphatic rings. The van der Waals surface area contributed by atoms with Crippen LogP contribution in [0.1, 0.15) is 17.0 Å². The molecule has 0 aliphatic carbocycles. The fourth-order valence-electron chi connectivity index (χ4n) is 3.06. The molecule has 0 spiro atoms. The molecule has 0 amide bonds. The third-order valence-electron chi connectivity index (χ3n) is 4.34. The smallest absolute Gasteiger partial charge is 0.468 e. The molecular formula is C17H18F3N3O3. The minimum atomic E-state index is -4.72. The Morgan fingerprint density at radius 2 is 2.00 bits per heavy atom. The van der Waals surface area contributed by atoms with Crippen LogP contribution in [0.3, 0.4) is 0 Å².